The summed E-state index contributed by atoms with van der Waals surface area (Å²) >= 11 is 0. The van der Waals surface area contributed by atoms with E-state index >= 15 is 0 Å². The minimum Gasteiger partial charge on any atom is -0.462 e. The molecule has 56 heavy (non-hydrogen) atoms. The average Bonchev–Trinajstić information content (AvgIpc) is 3.19. The van der Waals surface area contributed by atoms with E-state index in [0.29, 0.717) is 6.42 Å². The van der Waals surface area contributed by atoms with Gasteiger partial charge in [0.05, 0.1) is 6.42 Å². The third-order valence-electron chi connectivity index (χ3n) is 8.60. The summed E-state index contributed by atoms with van der Waals surface area (Å²) in [5, 5.41) is 0. The van der Waals surface area contributed by atoms with Crippen molar-refractivity contribution in [1.29, 1.82) is 0 Å². The standard InChI is InChI=1S/C50H78O6/c1-4-7-10-13-16-19-21-23-25-27-28-31-34-37-40-43-49(52)55-46-47(45-54-48(51)42-39-36-33-30-18-15-12-9-6-3)56-50(53)44-41-38-35-32-29-26-24-22-20-17-14-11-8-5-2/h7-13,16-21,24,26,30,36,39,47H,4-6,14-15,22-23,25,27-29,31-35,37-38,40-46H2,1-3H3/b10-7-,11-8-,12-9-,16-13-,20-17-,21-19-,26-24-,30-18-,39-36-. The predicted molar refractivity (Wildman–Crippen MR) is 237 cm³/mol. The summed E-state index contributed by atoms with van der Waals surface area (Å²) < 4.78 is 16.5. The first-order chi connectivity index (χ1) is 27.5. The maximum absolute atomic E-state index is 12.7. The molecular formula is C50H78O6. The van der Waals surface area contributed by atoms with Crippen LogP contribution < -0.4 is 0 Å². The molecule has 0 aliphatic heterocycles. The molecule has 0 saturated heterocycles. The Balaban J connectivity index is 4.50. The molecule has 0 rings (SSSR count). The largest absolute Gasteiger partial charge is 0.462 e. The lowest BCUT2D eigenvalue weighted by atomic mass is 10.1. The first kappa shape index (κ1) is 52.1. The fourth-order valence-electron chi connectivity index (χ4n) is 5.40. The van der Waals surface area contributed by atoms with Gasteiger partial charge in [0, 0.05) is 12.8 Å². The predicted octanol–water partition coefficient (Wildman–Crippen LogP) is 14.0. The van der Waals surface area contributed by atoms with E-state index in [1.165, 1.54) is 25.7 Å². The summed E-state index contributed by atoms with van der Waals surface area (Å²) in [7, 11) is 0. The molecule has 1 atom stereocenters. The van der Waals surface area contributed by atoms with E-state index in [-0.39, 0.29) is 38.0 Å². The van der Waals surface area contributed by atoms with Crippen LogP contribution in [0.1, 0.15) is 168 Å². The summed E-state index contributed by atoms with van der Waals surface area (Å²) in [5.74, 6) is -1.10. The highest BCUT2D eigenvalue weighted by Gasteiger charge is 2.19. The fraction of sp³-hybridized carbons (Fsp3) is 0.580. The molecule has 0 aliphatic carbocycles. The number of hydrogen-bond donors (Lipinski definition) is 0. The zero-order valence-electron chi connectivity index (χ0n) is 35.6. The molecule has 0 fully saturated rings. The van der Waals surface area contributed by atoms with Gasteiger partial charge in [0.2, 0.25) is 0 Å². The molecular weight excluding hydrogens is 697 g/mol. The van der Waals surface area contributed by atoms with Crippen molar-refractivity contribution in [1.82, 2.24) is 0 Å². The van der Waals surface area contributed by atoms with Crippen LogP contribution in [-0.4, -0.2) is 37.2 Å². The number of unbranched alkanes of at least 4 members (excludes halogenated alkanes) is 11. The highest BCUT2D eigenvalue weighted by atomic mass is 16.6. The van der Waals surface area contributed by atoms with E-state index in [1.54, 1.807) is 6.08 Å². The zero-order chi connectivity index (χ0) is 40.8. The molecule has 0 aliphatic rings. The van der Waals surface area contributed by atoms with Crippen LogP contribution in [-0.2, 0) is 28.6 Å². The highest BCUT2D eigenvalue weighted by molar-refractivity contribution is 5.72. The molecule has 0 N–H and O–H groups in total. The summed E-state index contributed by atoms with van der Waals surface area (Å²) in [6, 6.07) is 0. The SMILES string of the molecule is CC\C=C/C=C\C=C/CCCCCCCCCC(=O)OCC(COC(=O)C/C=C\C/C=C\C/C=C\CC)OC(=O)CCCCCC/C=C\C/C=C\C/C=C\CC. The van der Waals surface area contributed by atoms with Crippen LogP contribution in [0, 0.1) is 0 Å². The van der Waals surface area contributed by atoms with Crippen molar-refractivity contribution in [2.45, 2.75) is 175 Å². The molecule has 0 aromatic rings. The van der Waals surface area contributed by atoms with Gasteiger partial charge in [-0.05, 0) is 83.5 Å². The van der Waals surface area contributed by atoms with Crippen LogP contribution in [0.25, 0.3) is 0 Å². The fourth-order valence-corrected chi connectivity index (χ4v) is 5.40. The molecule has 0 aromatic heterocycles. The minimum atomic E-state index is -0.830. The number of esters is 3. The van der Waals surface area contributed by atoms with Gasteiger partial charge in [0.25, 0.3) is 0 Å². The monoisotopic (exact) mass is 775 g/mol. The molecule has 0 spiro atoms. The van der Waals surface area contributed by atoms with E-state index < -0.39 is 12.1 Å². The molecule has 0 saturated carbocycles. The smallest absolute Gasteiger partial charge is 0.309 e. The normalized spacial score (nSPS) is 13.1. The van der Waals surface area contributed by atoms with Crippen LogP contribution >= 0.6 is 0 Å². The van der Waals surface area contributed by atoms with Crippen LogP contribution in [0.2, 0.25) is 0 Å². The van der Waals surface area contributed by atoms with Crippen molar-refractivity contribution in [3.63, 3.8) is 0 Å². The van der Waals surface area contributed by atoms with Crippen molar-refractivity contribution in [2.75, 3.05) is 13.2 Å². The second-order valence-electron chi connectivity index (χ2n) is 13.9. The van der Waals surface area contributed by atoms with Gasteiger partial charge < -0.3 is 14.2 Å². The van der Waals surface area contributed by atoms with Crippen molar-refractivity contribution < 1.29 is 28.6 Å². The number of carbonyl (C=O) groups is 3. The average molecular weight is 775 g/mol. The summed E-state index contributed by atoms with van der Waals surface area (Å²) in [5.41, 5.74) is 0. The number of ether oxygens (including phenoxy) is 3. The Kier molecular flexibility index (Phi) is 40.7. The second-order valence-corrected chi connectivity index (χ2v) is 13.9. The number of rotatable bonds is 37. The van der Waals surface area contributed by atoms with Crippen molar-refractivity contribution in [3.05, 3.63) is 109 Å². The van der Waals surface area contributed by atoms with E-state index in [1.807, 2.05) is 6.08 Å². The van der Waals surface area contributed by atoms with Crippen LogP contribution in [0.3, 0.4) is 0 Å². The Morgan fingerprint density at radius 2 is 0.804 bits per heavy atom. The van der Waals surface area contributed by atoms with Gasteiger partial charge in [-0.3, -0.25) is 14.4 Å². The quantitative estimate of drug-likeness (QED) is 0.0206. The van der Waals surface area contributed by atoms with Crippen LogP contribution in [0.5, 0.6) is 0 Å². The summed E-state index contributed by atoms with van der Waals surface area (Å²) in [6.45, 7) is 6.11. The molecule has 0 amide bonds. The molecule has 314 valence electrons. The van der Waals surface area contributed by atoms with E-state index in [2.05, 4.69) is 118 Å². The van der Waals surface area contributed by atoms with Gasteiger partial charge in [0.1, 0.15) is 13.2 Å². The van der Waals surface area contributed by atoms with Gasteiger partial charge in [-0.25, -0.2) is 0 Å². The lowest BCUT2D eigenvalue weighted by molar-refractivity contribution is -0.166. The zero-order valence-corrected chi connectivity index (χ0v) is 35.6. The Hall–Kier alpha value is -3.93. The number of carbonyl (C=O) groups excluding carboxylic acids is 3. The maximum Gasteiger partial charge on any atom is 0.309 e. The molecule has 0 bridgehead atoms. The third kappa shape index (κ3) is 41.2. The molecule has 1 unspecified atom stereocenters. The van der Waals surface area contributed by atoms with Crippen LogP contribution in [0.15, 0.2) is 109 Å². The van der Waals surface area contributed by atoms with Gasteiger partial charge >= 0.3 is 17.9 Å². The Morgan fingerprint density at radius 1 is 0.393 bits per heavy atom. The molecule has 6 nitrogen and oxygen atoms in total. The Labute approximate surface area is 342 Å². The summed E-state index contributed by atoms with van der Waals surface area (Å²) in [6.07, 6.45) is 58.2. The first-order valence-electron chi connectivity index (χ1n) is 21.9. The Morgan fingerprint density at radius 3 is 1.36 bits per heavy atom. The van der Waals surface area contributed by atoms with E-state index in [4.69, 9.17) is 14.2 Å². The first-order valence-corrected chi connectivity index (χ1v) is 21.9. The van der Waals surface area contributed by atoms with Gasteiger partial charge in [0.15, 0.2) is 6.10 Å². The third-order valence-corrected chi connectivity index (χ3v) is 8.60. The van der Waals surface area contributed by atoms with Crippen LogP contribution in [0.4, 0.5) is 0 Å². The van der Waals surface area contributed by atoms with Crippen molar-refractivity contribution in [3.8, 4) is 0 Å². The van der Waals surface area contributed by atoms with Crippen molar-refractivity contribution in [2.24, 2.45) is 0 Å². The number of allylic oxidation sites excluding steroid dienone is 17. The summed E-state index contributed by atoms with van der Waals surface area (Å²) in [4.78, 5) is 37.6. The number of hydrogen-bond acceptors (Lipinski definition) is 6. The van der Waals surface area contributed by atoms with E-state index in [9.17, 15) is 14.4 Å². The highest BCUT2D eigenvalue weighted by Crippen LogP contribution is 2.12. The second kappa shape index (κ2) is 43.8. The van der Waals surface area contributed by atoms with Gasteiger partial charge in [-0.2, -0.15) is 0 Å². The van der Waals surface area contributed by atoms with Crippen molar-refractivity contribution >= 4 is 17.9 Å². The lowest BCUT2D eigenvalue weighted by Gasteiger charge is -2.18. The topological polar surface area (TPSA) is 78.9 Å². The van der Waals surface area contributed by atoms with Gasteiger partial charge in [-0.15, -0.1) is 0 Å². The molecule has 0 heterocycles. The van der Waals surface area contributed by atoms with Gasteiger partial charge in [-0.1, -0.05) is 175 Å². The Bertz CT molecular complexity index is 1210. The maximum atomic E-state index is 12.7. The molecule has 0 radical (unpaired) electrons. The minimum absolute atomic E-state index is 0.123. The lowest BCUT2D eigenvalue weighted by Crippen LogP contribution is -2.30. The van der Waals surface area contributed by atoms with E-state index in [0.717, 1.165) is 103 Å². The molecule has 0 aromatic carbocycles. The molecule has 6 heteroatoms.